The Labute approximate surface area is 525 Å². The highest BCUT2D eigenvalue weighted by Gasteiger charge is 2.37. The van der Waals surface area contributed by atoms with Crippen molar-refractivity contribution >= 4 is 88.9 Å². The molecule has 1 aromatic rings. The SMILES string of the molecule is CC(C)(NC(=O)[C@H](Cc1ccc(O)cc1)NC(=O)[C@@H](N)CCC(=O)O)C(=O)N[C@@H](CC(N)=O)C(=O)NCC(=O)N[C@@H](CCCN=C(N)N)C(=O)N[C@@H](CCCCN)C(=O)N[C@@H](CCCCN)C(=O)N[C@@H](CCCN=C(N)N)C(=O)N[C@@H](CCCN=C(N)N)C(=O)O. The van der Waals surface area contributed by atoms with Gasteiger partial charge >= 0.3 is 11.9 Å². The summed E-state index contributed by atoms with van der Waals surface area (Å²) in [6, 6.07) is -6.07. The van der Waals surface area contributed by atoms with Crippen LogP contribution >= 0.6 is 0 Å². The molecular weight excluding hydrogens is 1200 g/mol. The van der Waals surface area contributed by atoms with E-state index in [2.05, 4.69) is 62.8 Å². The van der Waals surface area contributed by atoms with Crippen molar-refractivity contribution in [3.63, 3.8) is 0 Å². The molecule has 1 aromatic carbocycles. The third kappa shape index (κ3) is 34.1. The molecule has 510 valence electrons. The molecule has 10 amide bonds. The zero-order chi connectivity index (χ0) is 68.8. The van der Waals surface area contributed by atoms with Crippen LogP contribution in [0.4, 0.5) is 0 Å². The molecule has 0 aliphatic carbocycles. The molecule has 32 N–H and O–H groups in total. The molecule has 0 unspecified atom stereocenters. The minimum atomic E-state index is -1.92. The number of phenolic OH excluding ortho intramolecular Hbond substituents is 1. The molecule has 0 bridgehead atoms. The maximum atomic E-state index is 14.3. The fourth-order valence-corrected chi connectivity index (χ4v) is 8.42. The van der Waals surface area contributed by atoms with Gasteiger partial charge in [0.15, 0.2) is 17.9 Å². The van der Waals surface area contributed by atoms with E-state index in [0.29, 0.717) is 18.4 Å². The quantitative estimate of drug-likeness (QED) is 0.0164. The van der Waals surface area contributed by atoms with E-state index < -0.39 is 144 Å². The number of carbonyl (C=O) groups is 12. The first-order valence-electron chi connectivity index (χ1n) is 29.3. The maximum Gasteiger partial charge on any atom is 0.326 e. The van der Waals surface area contributed by atoms with Crippen molar-refractivity contribution in [3.8, 4) is 5.75 Å². The van der Waals surface area contributed by atoms with Crippen molar-refractivity contribution in [1.29, 1.82) is 0 Å². The average Bonchev–Trinajstić information content (AvgIpc) is 1.15. The van der Waals surface area contributed by atoms with Crippen LogP contribution in [0, 0.1) is 0 Å². The number of aliphatic imine (C=N–C) groups is 3. The lowest BCUT2D eigenvalue weighted by Gasteiger charge is -2.30. The Hall–Kier alpha value is -9.65. The number of nitrogens with one attached hydrogen (secondary N) is 9. The Morgan fingerprint density at radius 3 is 1.30 bits per heavy atom. The molecule has 0 aliphatic rings. The van der Waals surface area contributed by atoms with Crippen molar-refractivity contribution in [2.24, 2.45) is 72.3 Å². The molecule has 0 saturated carbocycles. The van der Waals surface area contributed by atoms with Crippen LogP contribution in [0.25, 0.3) is 0 Å². The van der Waals surface area contributed by atoms with Gasteiger partial charge in [0, 0.05) is 32.5 Å². The number of rotatable bonds is 46. The summed E-state index contributed by atoms with van der Waals surface area (Å²) in [5, 5.41) is 51.0. The van der Waals surface area contributed by atoms with Gasteiger partial charge in [0.1, 0.15) is 53.6 Å². The van der Waals surface area contributed by atoms with Crippen LogP contribution in [0.2, 0.25) is 0 Å². The average molecular weight is 1290 g/mol. The van der Waals surface area contributed by atoms with E-state index in [1.807, 2.05) is 0 Å². The lowest BCUT2D eigenvalue weighted by Crippen LogP contribution is -2.63. The number of benzene rings is 1. The molecule has 0 saturated heterocycles. The second-order valence-electron chi connectivity index (χ2n) is 21.6. The van der Waals surface area contributed by atoms with Gasteiger partial charge in [-0.15, -0.1) is 0 Å². The van der Waals surface area contributed by atoms with E-state index in [1.165, 1.54) is 38.1 Å². The van der Waals surface area contributed by atoms with Crippen molar-refractivity contribution in [2.75, 3.05) is 39.3 Å². The molecule has 0 aromatic heterocycles. The smallest absolute Gasteiger partial charge is 0.326 e. The Balaban J connectivity index is 3.48. The lowest BCUT2D eigenvalue weighted by atomic mass is 9.99. The topological polar surface area (TPSA) is 671 Å². The number of unbranched alkanes of at least 4 members (excludes halogenated alkanes) is 2. The van der Waals surface area contributed by atoms with E-state index >= 15 is 0 Å². The molecule has 37 heteroatoms. The summed E-state index contributed by atoms with van der Waals surface area (Å²) in [7, 11) is 0. The number of phenols is 1. The van der Waals surface area contributed by atoms with Gasteiger partial charge in [-0.05, 0) is 128 Å². The number of amides is 10. The Bertz CT molecular complexity index is 2680. The van der Waals surface area contributed by atoms with E-state index in [1.54, 1.807) is 0 Å². The van der Waals surface area contributed by atoms with Crippen molar-refractivity contribution in [1.82, 2.24) is 47.9 Å². The molecular formula is C54H94N22O15. The Morgan fingerprint density at radius 2 is 0.890 bits per heavy atom. The number of aromatic hydroxyl groups is 1. The standard InChI is InChI=1S/C54H94N22O15/c1-54(2,76-48(88)37(26-29-15-17-30(77)18-16-29)74-42(82)31(57)19-20-41(80)81)50(91)75-38(27-39(58)78)43(83)68-28-40(79)69-32(12-7-23-65-51(59)60)44(84)70-33(10-3-5-21-55)45(85)71-34(11-4-6-22-56)46(86)72-35(13-8-24-66-52(61)62)47(87)73-36(49(89)90)14-9-25-67-53(63)64/h15-18,31-38,77H,3-14,19-28,55-57H2,1-2H3,(H2,58,78)(H,68,83)(H,69,79)(H,70,84)(H,71,85)(H,72,86)(H,73,87)(H,74,82)(H,75,91)(H,76,88)(H,80,81)(H,89,90)(H4,59,60,65)(H4,61,62,66)(H4,63,64,67)/t31-,32-,33-,34-,35-,36-,37-,38-/m0/s1. The van der Waals surface area contributed by atoms with Crippen LogP contribution in [0.1, 0.15) is 116 Å². The second kappa shape index (κ2) is 42.3. The van der Waals surface area contributed by atoms with Crippen LogP contribution in [0.3, 0.4) is 0 Å². The number of carboxylic acid groups (broad SMARTS) is 2. The molecule has 37 nitrogen and oxygen atoms in total. The van der Waals surface area contributed by atoms with Gasteiger partial charge in [-0.2, -0.15) is 0 Å². The summed E-state index contributed by atoms with van der Waals surface area (Å²) in [6.07, 6.45) is -0.572. The van der Waals surface area contributed by atoms with Gasteiger partial charge in [-0.1, -0.05) is 12.1 Å². The van der Waals surface area contributed by atoms with Gasteiger partial charge in [-0.25, -0.2) is 4.79 Å². The number of nitrogens with two attached hydrogens (primary N) is 10. The first-order valence-corrected chi connectivity index (χ1v) is 29.3. The number of hydrogen-bond acceptors (Lipinski definition) is 19. The van der Waals surface area contributed by atoms with Crippen molar-refractivity contribution < 1.29 is 72.9 Å². The fraction of sp³-hybridized carbons (Fsp3) is 0.611. The van der Waals surface area contributed by atoms with Crippen molar-refractivity contribution in [3.05, 3.63) is 29.8 Å². The normalized spacial score (nSPS) is 13.6. The molecule has 8 atom stereocenters. The minimum Gasteiger partial charge on any atom is -0.508 e. The highest BCUT2D eigenvalue weighted by molar-refractivity contribution is 6.00. The number of primary amides is 1. The second-order valence-corrected chi connectivity index (χ2v) is 21.6. The predicted molar refractivity (Wildman–Crippen MR) is 332 cm³/mol. The van der Waals surface area contributed by atoms with E-state index in [-0.39, 0.29) is 133 Å². The van der Waals surface area contributed by atoms with E-state index in [4.69, 9.17) is 62.4 Å². The molecule has 91 heavy (non-hydrogen) atoms. The zero-order valence-electron chi connectivity index (χ0n) is 51.3. The molecule has 0 radical (unpaired) electrons. The van der Waals surface area contributed by atoms with Gasteiger partial charge in [-0.3, -0.25) is 67.7 Å². The first kappa shape index (κ1) is 79.4. The van der Waals surface area contributed by atoms with Crippen LogP contribution in [-0.4, -0.2) is 197 Å². The largest absolute Gasteiger partial charge is 0.508 e. The van der Waals surface area contributed by atoms with Gasteiger partial charge in [0.2, 0.25) is 59.1 Å². The summed E-state index contributed by atoms with van der Waals surface area (Å²) in [5.74, 6) is -13.2. The third-order valence-corrected chi connectivity index (χ3v) is 13.4. The number of carbonyl (C=O) groups excluding carboxylic acids is 10. The minimum absolute atomic E-state index is 0.0196. The number of carboxylic acids is 2. The maximum absolute atomic E-state index is 14.3. The van der Waals surface area contributed by atoms with Crippen LogP contribution in [0.5, 0.6) is 5.75 Å². The molecule has 0 heterocycles. The van der Waals surface area contributed by atoms with E-state index in [9.17, 15) is 67.7 Å². The van der Waals surface area contributed by atoms with Crippen molar-refractivity contribution in [2.45, 2.75) is 170 Å². The number of guanidine groups is 3. The summed E-state index contributed by atoms with van der Waals surface area (Å²) in [4.78, 5) is 172. The molecule has 0 fully saturated rings. The van der Waals surface area contributed by atoms with Crippen LogP contribution < -0.4 is 105 Å². The molecule has 1 rings (SSSR count). The van der Waals surface area contributed by atoms with Gasteiger partial charge < -0.3 is 121 Å². The van der Waals surface area contributed by atoms with Gasteiger partial charge in [0.25, 0.3) is 0 Å². The monoisotopic (exact) mass is 1290 g/mol. The number of hydrogen-bond donors (Lipinski definition) is 22. The summed E-state index contributed by atoms with van der Waals surface area (Å²) < 4.78 is 0. The van der Waals surface area contributed by atoms with Crippen LogP contribution in [-0.2, 0) is 64.0 Å². The number of nitrogens with zero attached hydrogens (tertiary/aromatic N) is 3. The summed E-state index contributed by atoms with van der Waals surface area (Å²) in [6.45, 7) is 1.98. The van der Waals surface area contributed by atoms with Gasteiger partial charge in [0.05, 0.1) is 19.0 Å². The summed E-state index contributed by atoms with van der Waals surface area (Å²) >= 11 is 0. The highest BCUT2D eigenvalue weighted by atomic mass is 16.4. The highest BCUT2D eigenvalue weighted by Crippen LogP contribution is 2.15. The Morgan fingerprint density at radius 1 is 0.484 bits per heavy atom. The number of aliphatic carboxylic acids is 2. The summed E-state index contributed by atoms with van der Waals surface area (Å²) in [5.41, 5.74) is 54.0. The van der Waals surface area contributed by atoms with E-state index in [0.717, 1.165) is 0 Å². The first-order chi connectivity index (χ1) is 42.8. The van der Waals surface area contributed by atoms with Crippen LogP contribution in [0.15, 0.2) is 39.2 Å². The lowest BCUT2D eigenvalue weighted by molar-refractivity contribution is -0.142. The third-order valence-electron chi connectivity index (χ3n) is 13.4. The molecule has 0 spiro atoms. The molecule has 0 aliphatic heterocycles. The Kier molecular flexibility index (Phi) is 36.9. The fourth-order valence-electron chi connectivity index (χ4n) is 8.42. The predicted octanol–water partition coefficient (Wildman–Crippen LogP) is -8.09. The zero-order valence-corrected chi connectivity index (χ0v) is 51.3.